The van der Waals surface area contributed by atoms with E-state index in [9.17, 15) is 0 Å². The summed E-state index contributed by atoms with van der Waals surface area (Å²) in [5, 5.41) is 0. The number of unbranched alkanes of at least 4 members (excludes halogenated alkanes) is 3. The lowest BCUT2D eigenvalue weighted by atomic mass is 10.2. The molecule has 1 rings (SSSR count). The Morgan fingerprint density at radius 2 is 1.17 bits per heavy atom. The van der Waals surface area contributed by atoms with Gasteiger partial charge in [0.2, 0.25) is 0 Å². The molecule has 0 N–H and O–H groups in total. The fourth-order valence-electron chi connectivity index (χ4n) is 1.58. The molecule has 1 fully saturated rings. The minimum absolute atomic E-state index is 0. The van der Waals surface area contributed by atoms with E-state index in [0.717, 1.165) is 6.61 Å². The molecule has 112 valence electrons. The van der Waals surface area contributed by atoms with Gasteiger partial charge < -0.3 is 9.64 Å². The van der Waals surface area contributed by atoms with Crippen LogP contribution in [0.3, 0.4) is 0 Å². The van der Waals surface area contributed by atoms with Gasteiger partial charge in [-0.25, -0.2) is 0 Å². The van der Waals surface area contributed by atoms with Gasteiger partial charge in [0.1, 0.15) is 0 Å². The van der Waals surface area contributed by atoms with Gasteiger partial charge in [-0.3, -0.25) is 0 Å². The zero-order valence-corrected chi connectivity index (χ0v) is 13.7. The van der Waals surface area contributed by atoms with E-state index < -0.39 is 0 Å². The van der Waals surface area contributed by atoms with Crippen molar-refractivity contribution >= 4 is 12.4 Å². The number of epoxide rings is 1. The minimum atomic E-state index is 0. The van der Waals surface area contributed by atoms with E-state index in [1.54, 1.807) is 0 Å². The van der Waals surface area contributed by atoms with Crippen molar-refractivity contribution in [2.45, 2.75) is 72.3 Å². The van der Waals surface area contributed by atoms with Crippen LogP contribution >= 0.6 is 12.4 Å². The Morgan fingerprint density at radius 1 is 0.889 bits per heavy atom. The van der Waals surface area contributed by atoms with Gasteiger partial charge >= 0.3 is 0 Å². The van der Waals surface area contributed by atoms with Gasteiger partial charge in [-0.2, -0.15) is 0 Å². The molecule has 0 aromatic heterocycles. The molecule has 18 heavy (non-hydrogen) atoms. The highest BCUT2D eigenvalue weighted by Crippen LogP contribution is 2.04. The predicted octanol–water partition coefficient (Wildman–Crippen LogP) is 4.52. The molecule has 2 nitrogen and oxygen atoms in total. The van der Waals surface area contributed by atoms with Gasteiger partial charge in [-0.05, 0) is 45.8 Å². The molecule has 1 aliphatic rings. The number of ether oxygens (including phenoxy) is 1. The Kier molecular flexibility index (Phi) is 17.4. The van der Waals surface area contributed by atoms with Crippen molar-refractivity contribution < 1.29 is 4.74 Å². The number of hydrogen-bond donors (Lipinski definition) is 0. The SMILES string of the molecule is CC1CO1.CCCCN(CCCC)CCCC.Cl. The van der Waals surface area contributed by atoms with Crippen LogP contribution in [0.15, 0.2) is 0 Å². The molecule has 0 radical (unpaired) electrons. The maximum Gasteiger partial charge on any atom is 0.0781 e. The summed E-state index contributed by atoms with van der Waals surface area (Å²) < 4.78 is 4.71. The lowest BCUT2D eigenvalue weighted by molar-refractivity contribution is 0.261. The fraction of sp³-hybridized carbons (Fsp3) is 1.00. The van der Waals surface area contributed by atoms with Gasteiger partial charge in [0.25, 0.3) is 0 Å². The summed E-state index contributed by atoms with van der Waals surface area (Å²) >= 11 is 0. The minimum Gasteiger partial charge on any atom is -0.373 e. The normalized spacial score (nSPS) is 16.8. The lowest BCUT2D eigenvalue weighted by Crippen LogP contribution is -2.27. The van der Waals surface area contributed by atoms with E-state index in [2.05, 4.69) is 32.6 Å². The second-order valence-corrected chi connectivity index (χ2v) is 5.05. The number of nitrogens with zero attached hydrogens (tertiary/aromatic N) is 1. The van der Waals surface area contributed by atoms with Crippen LogP contribution in [-0.4, -0.2) is 37.2 Å². The summed E-state index contributed by atoms with van der Waals surface area (Å²) in [6.45, 7) is 13.8. The van der Waals surface area contributed by atoms with E-state index >= 15 is 0 Å². The highest BCUT2D eigenvalue weighted by molar-refractivity contribution is 5.85. The van der Waals surface area contributed by atoms with Crippen molar-refractivity contribution in [1.82, 2.24) is 4.90 Å². The maximum absolute atomic E-state index is 4.71. The standard InChI is InChI=1S/C12H27N.C3H6O.ClH/c1-4-7-10-13(11-8-5-2)12-9-6-3;1-3-2-4-3;/h4-12H2,1-3H3;3H,2H2,1H3;1H. The van der Waals surface area contributed by atoms with E-state index in [1.165, 1.54) is 58.2 Å². The zero-order valence-electron chi connectivity index (χ0n) is 12.9. The molecule has 0 aromatic rings. The van der Waals surface area contributed by atoms with Crippen LogP contribution in [0.4, 0.5) is 0 Å². The zero-order chi connectivity index (χ0) is 12.9. The van der Waals surface area contributed by atoms with Crippen LogP contribution in [0.1, 0.15) is 66.2 Å². The lowest BCUT2D eigenvalue weighted by Gasteiger charge is -2.21. The monoisotopic (exact) mass is 279 g/mol. The average Bonchev–Trinajstić information content (AvgIpc) is 3.11. The highest BCUT2D eigenvalue weighted by Gasteiger charge is 2.13. The van der Waals surface area contributed by atoms with E-state index in [-0.39, 0.29) is 12.4 Å². The first-order valence-corrected chi connectivity index (χ1v) is 7.58. The largest absolute Gasteiger partial charge is 0.373 e. The smallest absolute Gasteiger partial charge is 0.0781 e. The van der Waals surface area contributed by atoms with Crippen molar-refractivity contribution in [1.29, 1.82) is 0 Å². The van der Waals surface area contributed by atoms with Crippen molar-refractivity contribution in [2.24, 2.45) is 0 Å². The molecular formula is C15H34ClNO. The second kappa shape index (κ2) is 15.3. The van der Waals surface area contributed by atoms with Crippen LogP contribution in [0.5, 0.6) is 0 Å². The van der Waals surface area contributed by atoms with Crippen LogP contribution in [0.2, 0.25) is 0 Å². The number of rotatable bonds is 9. The summed E-state index contributed by atoms with van der Waals surface area (Å²) in [7, 11) is 0. The first-order chi connectivity index (χ1) is 8.24. The molecule has 1 heterocycles. The Bertz CT molecular complexity index is 132. The summed E-state index contributed by atoms with van der Waals surface area (Å²) in [4.78, 5) is 2.64. The third kappa shape index (κ3) is 16.2. The molecule has 1 saturated heterocycles. The molecular weight excluding hydrogens is 246 g/mol. The average molecular weight is 280 g/mol. The van der Waals surface area contributed by atoms with Crippen molar-refractivity contribution in [3.8, 4) is 0 Å². The quantitative estimate of drug-likeness (QED) is 0.577. The first kappa shape index (κ1) is 20.5. The van der Waals surface area contributed by atoms with Gasteiger partial charge in [0.05, 0.1) is 12.7 Å². The van der Waals surface area contributed by atoms with Crippen molar-refractivity contribution in [3.63, 3.8) is 0 Å². The number of halogens is 1. The van der Waals surface area contributed by atoms with Crippen molar-refractivity contribution in [2.75, 3.05) is 26.2 Å². The third-order valence-corrected chi connectivity index (χ3v) is 2.98. The molecule has 0 spiro atoms. The van der Waals surface area contributed by atoms with Crippen LogP contribution < -0.4 is 0 Å². The Morgan fingerprint density at radius 3 is 1.33 bits per heavy atom. The Balaban J connectivity index is 0. The topological polar surface area (TPSA) is 15.8 Å². The van der Waals surface area contributed by atoms with Crippen molar-refractivity contribution in [3.05, 3.63) is 0 Å². The Labute approximate surface area is 121 Å². The summed E-state index contributed by atoms with van der Waals surface area (Å²) in [6.07, 6.45) is 8.67. The molecule has 1 unspecified atom stereocenters. The molecule has 0 amide bonds. The molecule has 0 aliphatic carbocycles. The summed E-state index contributed by atoms with van der Waals surface area (Å²) in [5.74, 6) is 0. The Hall–Kier alpha value is 0.210. The molecule has 1 atom stereocenters. The number of hydrogen-bond acceptors (Lipinski definition) is 2. The van der Waals surface area contributed by atoms with Crippen LogP contribution in [0.25, 0.3) is 0 Å². The molecule has 0 bridgehead atoms. The first-order valence-electron chi connectivity index (χ1n) is 7.58. The molecule has 0 aromatic carbocycles. The van der Waals surface area contributed by atoms with E-state index in [0.29, 0.717) is 6.10 Å². The highest BCUT2D eigenvalue weighted by atomic mass is 35.5. The van der Waals surface area contributed by atoms with Crippen LogP contribution in [-0.2, 0) is 4.74 Å². The predicted molar refractivity (Wildman–Crippen MR) is 83.8 cm³/mol. The third-order valence-electron chi connectivity index (χ3n) is 2.98. The summed E-state index contributed by atoms with van der Waals surface area (Å²) in [5.41, 5.74) is 0. The summed E-state index contributed by atoms with van der Waals surface area (Å²) in [6, 6.07) is 0. The van der Waals surface area contributed by atoms with Gasteiger partial charge in [-0.1, -0.05) is 40.0 Å². The second-order valence-electron chi connectivity index (χ2n) is 5.05. The molecule has 0 saturated carbocycles. The van der Waals surface area contributed by atoms with Gasteiger partial charge in [-0.15, -0.1) is 12.4 Å². The van der Waals surface area contributed by atoms with E-state index in [4.69, 9.17) is 4.74 Å². The maximum atomic E-state index is 4.71. The van der Waals surface area contributed by atoms with Crippen LogP contribution in [0, 0.1) is 0 Å². The fourth-order valence-corrected chi connectivity index (χ4v) is 1.58. The van der Waals surface area contributed by atoms with E-state index in [1.807, 2.05) is 0 Å². The van der Waals surface area contributed by atoms with Gasteiger partial charge in [0, 0.05) is 0 Å². The van der Waals surface area contributed by atoms with Gasteiger partial charge in [0.15, 0.2) is 0 Å². The molecule has 3 heteroatoms. The molecule has 1 aliphatic heterocycles.